The largest absolute Gasteiger partial charge is 0.479 e. The van der Waals surface area contributed by atoms with Gasteiger partial charge in [-0.25, -0.2) is 8.98 Å². The van der Waals surface area contributed by atoms with Gasteiger partial charge in [-0.1, -0.05) is 0 Å². The third-order valence-electron chi connectivity index (χ3n) is 4.23. The molecule has 2 heterocycles. The number of hydrogen-bond acceptors (Lipinski definition) is 13. The Morgan fingerprint density at radius 3 is 2.14 bits per heavy atom. The molecule has 9 N–H and O–H groups in total. The average molecular weight is 435 g/mol. The van der Waals surface area contributed by atoms with Crippen molar-refractivity contribution in [3.05, 3.63) is 0 Å². The number of hydrogen-bond donors (Lipinski definition) is 8. The summed E-state index contributed by atoms with van der Waals surface area (Å²) in [5.41, 5.74) is 5.58. The van der Waals surface area contributed by atoms with Crippen LogP contribution in [0.4, 0.5) is 0 Å². The maximum atomic E-state index is 11.1. The maximum Gasteiger partial charge on any atom is 0.397 e. The minimum Gasteiger partial charge on any atom is -0.479 e. The molecule has 0 saturated carbocycles. The highest BCUT2D eigenvalue weighted by atomic mass is 32.3. The standard InChI is InChI=1S/C12H21NO14S/c13-3-8(27-28(21,22)23)7(2(1-14)24-11(3)20)25-12-6(17)4(15)5(16)9(26-12)10(18)19/h2-9,11-12,14-17,20H,1,13H2,(H,18,19)(H,21,22,23)/t2-,3-,4+,5+,6-,7-,8-,9+,11+,12-/m1/s1. The van der Waals surface area contributed by atoms with Gasteiger partial charge in [0.1, 0.15) is 36.6 Å². The first-order chi connectivity index (χ1) is 12.9. The molecule has 2 aliphatic rings. The Labute approximate surface area is 157 Å². The molecular formula is C12H21NO14S. The first-order valence-electron chi connectivity index (χ1n) is 7.81. The number of carbonyl (C=O) groups is 1. The van der Waals surface area contributed by atoms with E-state index in [0.717, 1.165) is 0 Å². The Kier molecular flexibility index (Phi) is 7.29. The van der Waals surface area contributed by atoms with E-state index in [1.807, 2.05) is 0 Å². The number of ether oxygens (including phenoxy) is 3. The van der Waals surface area contributed by atoms with Crippen LogP contribution < -0.4 is 5.73 Å². The number of aliphatic hydroxyl groups excluding tert-OH is 5. The summed E-state index contributed by atoms with van der Waals surface area (Å²) in [5.74, 6) is -1.71. The average Bonchev–Trinajstić information content (AvgIpc) is 2.59. The molecule has 0 aromatic heterocycles. The summed E-state index contributed by atoms with van der Waals surface area (Å²) in [6, 6.07) is -1.64. The van der Waals surface area contributed by atoms with Gasteiger partial charge in [-0.2, -0.15) is 8.42 Å². The van der Waals surface area contributed by atoms with Gasteiger partial charge in [-0.15, -0.1) is 0 Å². The topological polar surface area (TPSA) is 256 Å². The molecule has 15 nitrogen and oxygen atoms in total. The number of carboxylic acid groups (broad SMARTS) is 1. The summed E-state index contributed by atoms with van der Waals surface area (Å²) in [6.07, 6.45) is -17.0. The van der Waals surface area contributed by atoms with Crippen molar-refractivity contribution in [3.8, 4) is 0 Å². The van der Waals surface area contributed by atoms with Crippen molar-refractivity contribution in [2.45, 2.75) is 61.3 Å². The van der Waals surface area contributed by atoms with Crippen LogP contribution in [-0.4, -0.2) is 118 Å². The van der Waals surface area contributed by atoms with Gasteiger partial charge < -0.3 is 50.6 Å². The predicted octanol–water partition coefficient (Wildman–Crippen LogP) is -5.51. The lowest BCUT2D eigenvalue weighted by Gasteiger charge is -2.45. The molecule has 0 radical (unpaired) electrons. The molecule has 0 amide bonds. The van der Waals surface area contributed by atoms with E-state index < -0.39 is 84.3 Å². The molecule has 0 aromatic carbocycles. The smallest absolute Gasteiger partial charge is 0.397 e. The summed E-state index contributed by atoms with van der Waals surface area (Å²) in [6.45, 7) is -0.893. The van der Waals surface area contributed by atoms with E-state index in [4.69, 9.17) is 29.6 Å². The first kappa shape index (κ1) is 23.3. The fourth-order valence-corrected chi connectivity index (χ4v) is 3.35. The second-order valence-electron chi connectivity index (χ2n) is 6.15. The van der Waals surface area contributed by atoms with Crippen LogP contribution in [0.1, 0.15) is 0 Å². The normalized spacial score (nSPS) is 45.0. The second kappa shape index (κ2) is 8.78. The van der Waals surface area contributed by atoms with Crippen molar-refractivity contribution in [2.24, 2.45) is 5.73 Å². The fourth-order valence-electron chi connectivity index (χ4n) is 2.83. The minimum atomic E-state index is -5.14. The van der Waals surface area contributed by atoms with E-state index in [9.17, 15) is 38.7 Å². The van der Waals surface area contributed by atoms with Crippen LogP contribution in [-0.2, 0) is 33.6 Å². The molecule has 2 aliphatic heterocycles. The van der Waals surface area contributed by atoms with Crippen molar-refractivity contribution in [2.75, 3.05) is 6.61 Å². The van der Waals surface area contributed by atoms with Gasteiger partial charge >= 0.3 is 16.4 Å². The van der Waals surface area contributed by atoms with Crippen molar-refractivity contribution >= 4 is 16.4 Å². The summed E-state index contributed by atoms with van der Waals surface area (Å²) in [5, 5.41) is 57.6. The summed E-state index contributed by atoms with van der Waals surface area (Å²) >= 11 is 0. The maximum absolute atomic E-state index is 11.1. The predicted molar refractivity (Wildman–Crippen MR) is 81.6 cm³/mol. The van der Waals surface area contributed by atoms with E-state index in [0.29, 0.717) is 0 Å². The molecule has 2 fully saturated rings. The molecule has 0 bridgehead atoms. The van der Waals surface area contributed by atoms with Crippen LogP contribution >= 0.6 is 0 Å². The van der Waals surface area contributed by atoms with Gasteiger partial charge in [0.2, 0.25) is 0 Å². The van der Waals surface area contributed by atoms with E-state index in [1.54, 1.807) is 0 Å². The molecule has 10 atom stereocenters. The van der Waals surface area contributed by atoms with Crippen LogP contribution in [0.25, 0.3) is 0 Å². The summed E-state index contributed by atoms with van der Waals surface area (Å²) in [7, 11) is -5.14. The molecule has 164 valence electrons. The van der Waals surface area contributed by atoms with Gasteiger partial charge in [-0.3, -0.25) is 4.55 Å². The molecule has 0 unspecified atom stereocenters. The highest BCUT2D eigenvalue weighted by Crippen LogP contribution is 2.30. The molecule has 28 heavy (non-hydrogen) atoms. The number of carboxylic acids is 1. The quantitative estimate of drug-likeness (QED) is 0.181. The Morgan fingerprint density at radius 1 is 1.04 bits per heavy atom. The number of aliphatic carboxylic acids is 1. The van der Waals surface area contributed by atoms with Crippen molar-refractivity contribution in [1.29, 1.82) is 0 Å². The number of nitrogens with two attached hydrogens (primary N) is 1. The minimum absolute atomic E-state index is 0.893. The molecule has 16 heteroatoms. The highest BCUT2D eigenvalue weighted by molar-refractivity contribution is 7.80. The van der Waals surface area contributed by atoms with E-state index in [-0.39, 0.29) is 0 Å². The van der Waals surface area contributed by atoms with Gasteiger partial charge in [-0.05, 0) is 0 Å². The lowest BCUT2D eigenvalue weighted by atomic mass is 9.96. The van der Waals surface area contributed by atoms with Crippen LogP contribution in [0.5, 0.6) is 0 Å². The van der Waals surface area contributed by atoms with Crippen molar-refractivity contribution in [1.82, 2.24) is 0 Å². The molecule has 0 aliphatic carbocycles. The number of rotatable bonds is 6. The Bertz CT molecular complexity index is 659. The Balaban J connectivity index is 2.30. The Hall–Kier alpha value is -1.02. The Morgan fingerprint density at radius 2 is 1.64 bits per heavy atom. The first-order valence-corrected chi connectivity index (χ1v) is 9.17. The van der Waals surface area contributed by atoms with Crippen molar-refractivity contribution < 1.29 is 66.8 Å². The molecule has 0 aromatic rings. The van der Waals surface area contributed by atoms with Gasteiger partial charge in [0.15, 0.2) is 18.7 Å². The monoisotopic (exact) mass is 435 g/mol. The van der Waals surface area contributed by atoms with Gasteiger partial charge in [0.25, 0.3) is 0 Å². The van der Waals surface area contributed by atoms with Crippen LogP contribution in [0.3, 0.4) is 0 Å². The zero-order chi connectivity index (χ0) is 21.4. The van der Waals surface area contributed by atoms with E-state index in [1.165, 1.54) is 0 Å². The second-order valence-corrected chi connectivity index (χ2v) is 7.20. The molecule has 2 saturated heterocycles. The lowest BCUT2D eigenvalue weighted by molar-refractivity contribution is -0.337. The van der Waals surface area contributed by atoms with Crippen LogP contribution in [0.15, 0.2) is 0 Å². The van der Waals surface area contributed by atoms with Gasteiger partial charge in [0, 0.05) is 0 Å². The zero-order valence-electron chi connectivity index (χ0n) is 14.0. The SMILES string of the molecule is N[C@@H]1[C@@H](OS(=O)(=O)O)[C@H](O[C@@H]2O[C@H](C(=O)O)[C@@H](O)[C@H](O)[C@H]2O)[C@@H](CO)O[C@@H]1O. The number of aliphatic hydroxyl groups is 5. The lowest BCUT2D eigenvalue weighted by Crippen LogP contribution is -2.67. The summed E-state index contributed by atoms with van der Waals surface area (Å²) < 4.78 is 50.5. The van der Waals surface area contributed by atoms with E-state index in [2.05, 4.69) is 4.18 Å². The molecule has 0 spiro atoms. The third kappa shape index (κ3) is 4.93. The van der Waals surface area contributed by atoms with Crippen LogP contribution in [0, 0.1) is 0 Å². The van der Waals surface area contributed by atoms with Crippen LogP contribution in [0.2, 0.25) is 0 Å². The molecule has 2 rings (SSSR count). The molecular weight excluding hydrogens is 414 g/mol. The van der Waals surface area contributed by atoms with Gasteiger partial charge in [0.05, 0.1) is 12.6 Å². The third-order valence-corrected chi connectivity index (χ3v) is 4.70. The highest BCUT2D eigenvalue weighted by Gasteiger charge is 2.52. The summed E-state index contributed by atoms with van der Waals surface area (Å²) in [4.78, 5) is 11.1. The van der Waals surface area contributed by atoms with Crippen molar-refractivity contribution in [3.63, 3.8) is 0 Å². The zero-order valence-corrected chi connectivity index (χ0v) is 14.8. The fraction of sp³-hybridized carbons (Fsp3) is 0.917. The van der Waals surface area contributed by atoms with E-state index >= 15 is 0 Å².